The average molecular weight is 341 g/mol. The van der Waals surface area contributed by atoms with Crippen LogP contribution in [0.3, 0.4) is 0 Å². The molecule has 7 heteroatoms. The highest BCUT2D eigenvalue weighted by Crippen LogP contribution is 2.15. The minimum atomic E-state index is -0.542. The molecule has 2 N–H and O–H groups in total. The second-order valence-corrected chi connectivity index (χ2v) is 5.80. The number of pyridine rings is 1. The number of rotatable bonds is 4. The number of hydrogen-bond acceptors (Lipinski definition) is 5. The van der Waals surface area contributed by atoms with Crippen LogP contribution >= 0.6 is 0 Å². The van der Waals surface area contributed by atoms with Crippen molar-refractivity contribution in [2.75, 3.05) is 18.4 Å². The molecule has 0 aliphatic carbocycles. The van der Waals surface area contributed by atoms with Crippen molar-refractivity contribution in [2.45, 2.75) is 18.9 Å². The summed E-state index contributed by atoms with van der Waals surface area (Å²) >= 11 is 0. The van der Waals surface area contributed by atoms with Crippen LogP contribution in [0.25, 0.3) is 0 Å². The molecular formula is C18H19N3O4. The molecule has 2 aromatic rings. The average Bonchev–Trinajstić information content (AvgIpc) is 2.63. The van der Waals surface area contributed by atoms with Crippen LogP contribution in [0, 0.1) is 5.21 Å². The zero-order valence-corrected chi connectivity index (χ0v) is 13.6. The van der Waals surface area contributed by atoms with E-state index in [2.05, 4.69) is 10.6 Å². The molecule has 1 saturated heterocycles. The molecule has 0 spiro atoms. The molecule has 1 fully saturated rings. The van der Waals surface area contributed by atoms with E-state index in [1.165, 1.54) is 12.3 Å². The summed E-state index contributed by atoms with van der Waals surface area (Å²) < 4.78 is 5.99. The first kappa shape index (κ1) is 16.9. The van der Waals surface area contributed by atoms with Gasteiger partial charge >= 0.3 is 11.9 Å². The third-order valence-electron chi connectivity index (χ3n) is 3.97. The molecule has 0 atom stereocenters. The van der Waals surface area contributed by atoms with Crippen LogP contribution in [0.15, 0.2) is 48.7 Å². The molecule has 1 aliphatic heterocycles. The summed E-state index contributed by atoms with van der Waals surface area (Å²) in [5.74, 6) is -0.957. The van der Waals surface area contributed by atoms with E-state index in [9.17, 15) is 14.8 Å². The number of esters is 1. The fourth-order valence-corrected chi connectivity index (χ4v) is 2.66. The van der Waals surface area contributed by atoms with Crippen LogP contribution in [-0.4, -0.2) is 31.1 Å². The van der Waals surface area contributed by atoms with Crippen molar-refractivity contribution in [1.29, 1.82) is 0 Å². The van der Waals surface area contributed by atoms with Gasteiger partial charge in [0.25, 0.3) is 5.69 Å². The smallest absolute Gasteiger partial charge is 0.338 e. The summed E-state index contributed by atoms with van der Waals surface area (Å²) in [7, 11) is 0. The van der Waals surface area contributed by atoms with Crippen LogP contribution in [0.5, 0.6) is 0 Å². The van der Waals surface area contributed by atoms with E-state index in [1.807, 2.05) is 0 Å². The molecule has 130 valence electrons. The maximum Gasteiger partial charge on any atom is 0.338 e. The molecular weight excluding hydrogens is 322 g/mol. The molecule has 3 rings (SSSR count). The van der Waals surface area contributed by atoms with Gasteiger partial charge in [0.1, 0.15) is 6.10 Å². The number of carbonyl (C=O) groups excluding carboxylic acids is 2. The molecule has 2 heterocycles. The van der Waals surface area contributed by atoms with E-state index in [1.54, 1.807) is 36.4 Å². The van der Waals surface area contributed by atoms with Crippen LogP contribution in [0.1, 0.15) is 33.7 Å². The minimum absolute atomic E-state index is 0.0230. The molecule has 25 heavy (non-hydrogen) atoms. The highest BCUT2D eigenvalue weighted by Gasteiger charge is 2.19. The fourth-order valence-electron chi connectivity index (χ4n) is 2.66. The number of nitrogens with zero attached hydrogens (tertiary/aromatic N) is 1. The maximum atomic E-state index is 12.3. The van der Waals surface area contributed by atoms with Crippen molar-refractivity contribution in [3.8, 4) is 0 Å². The van der Waals surface area contributed by atoms with Crippen molar-refractivity contribution in [1.82, 2.24) is 5.32 Å². The van der Waals surface area contributed by atoms with Crippen molar-refractivity contribution >= 4 is 17.6 Å². The van der Waals surface area contributed by atoms with Gasteiger partial charge in [-0.1, -0.05) is 6.07 Å². The molecule has 1 aromatic carbocycles. The lowest BCUT2D eigenvalue weighted by atomic mass is 10.1. The molecule has 0 unspecified atom stereocenters. The number of ether oxygens (including phenoxy) is 1. The van der Waals surface area contributed by atoms with Crippen LogP contribution in [0.4, 0.5) is 5.69 Å². The molecule has 7 nitrogen and oxygen atoms in total. The van der Waals surface area contributed by atoms with Gasteiger partial charge < -0.3 is 20.6 Å². The molecule has 0 bridgehead atoms. The monoisotopic (exact) mass is 341 g/mol. The van der Waals surface area contributed by atoms with E-state index in [0.717, 1.165) is 25.9 Å². The number of nitrogens with one attached hydrogen (secondary N) is 2. The summed E-state index contributed by atoms with van der Waals surface area (Å²) in [4.78, 5) is 24.4. The van der Waals surface area contributed by atoms with Gasteiger partial charge in [0.2, 0.25) is 0 Å². The van der Waals surface area contributed by atoms with Gasteiger partial charge in [0.15, 0.2) is 6.20 Å². The Hall–Kier alpha value is -2.93. The molecule has 0 radical (unpaired) electrons. The van der Waals surface area contributed by atoms with Gasteiger partial charge in [-0.05, 0) is 50.2 Å². The summed E-state index contributed by atoms with van der Waals surface area (Å²) in [5, 5.41) is 17.5. The zero-order valence-electron chi connectivity index (χ0n) is 13.6. The number of amides is 1. The van der Waals surface area contributed by atoms with E-state index in [-0.39, 0.29) is 11.8 Å². The molecule has 1 amide bonds. The van der Waals surface area contributed by atoms with Crippen LogP contribution < -0.4 is 15.4 Å². The number of aromatic nitrogens is 1. The topological polar surface area (TPSA) is 94.4 Å². The van der Waals surface area contributed by atoms with E-state index >= 15 is 0 Å². The Morgan fingerprint density at radius 1 is 1.16 bits per heavy atom. The third kappa shape index (κ3) is 4.33. The second kappa shape index (κ2) is 7.76. The highest BCUT2D eigenvalue weighted by atomic mass is 16.5. The number of benzene rings is 1. The minimum Gasteiger partial charge on any atom is -0.618 e. The lowest BCUT2D eigenvalue weighted by molar-refractivity contribution is -0.607. The van der Waals surface area contributed by atoms with Crippen LogP contribution in [-0.2, 0) is 4.74 Å². The SMILES string of the molecule is O=C(OC1CCNCC1)c1cccc(NC(=O)c2cccc[n+]2[O-])c1. The predicted molar refractivity (Wildman–Crippen MR) is 91.1 cm³/mol. The highest BCUT2D eigenvalue weighted by molar-refractivity contribution is 6.02. The quantitative estimate of drug-likeness (QED) is 0.499. The normalized spacial score (nSPS) is 14.7. The summed E-state index contributed by atoms with van der Waals surface area (Å²) in [6.07, 6.45) is 2.75. The Balaban J connectivity index is 1.67. The van der Waals surface area contributed by atoms with Gasteiger partial charge in [0, 0.05) is 17.8 Å². The standard InChI is InChI=1S/C18H19N3O4/c22-17(16-6-1-2-11-21(16)24)20-14-5-3-4-13(12-14)18(23)25-15-7-9-19-10-8-15/h1-6,11-12,15,19H,7-10H2,(H,20,22). The number of carbonyl (C=O) groups is 2. The first-order valence-electron chi connectivity index (χ1n) is 8.15. The van der Waals surface area contributed by atoms with Crippen molar-refractivity contribution < 1.29 is 19.1 Å². The Kier molecular flexibility index (Phi) is 5.25. The number of anilines is 1. The molecule has 0 saturated carbocycles. The lowest BCUT2D eigenvalue weighted by Crippen LogP contribution is -2.36. The Morgan fingerprint density at radius 3 is 2.72 bits per heavy atom. The first-order valence-corrected chi connectivity index (χ1v) is 8.15. The van der Waals surface area contributed by atoms with Crippen molar-refractivity contribution in [2.24, 2.45) is 0 Å². The number of hydrogen-bond donors (Lipinski definition) is 2. The summed E-state index contributed by atoms with van der Waals surface area (Å²) in [5.41, 5.74) is 0.762. The van der Waals surface area contributed by atoms with Crippen molar-refractivity contribution in [3.05, 3.63) is 65.1 Å². The van der Waals surface area contributed by atoms with E-state index in [0.29, 0.717) is 16.0 Å². The largest absolute Gasteiger partial charge is 0.618 e. The van der Waals surface area contributed by atoms with Gasteiger partial charge in [-0.3, -0.25) is 4.79 Å². The number of piperidine rings is 1. The first-order chi connectivity index (χ1) is 12.1. The van der Waals surface area contributed by atoms with Crippen LogP contribution in [0.2, 0.25) is 0 Å². The maximum absolute atomic E-state index is 12.3. The molecule has 1 aromatic heterocycles. The zero-order chi connectivity index (χ0) is 17.6. The van der Waals surface area contributed by atoms with Gasteiger partial charge in [-0.2, -0.15) is 4.73 Å². The van der Waals surface area contributed by atoms with Crippen molar-refractivity contribution in [3.63, 3.8) is 0 Å². The Labute approximate surface area is 145 Å². The van der Waals surface area contributed by atoms with E-state index in [4.69, 9.17) is 4.74 Å². The van der Waals surface area contributed by atoms with Gasteiger partial charge in [0.05, 0.1) is 5.56 Å². The summed E-state index contributed by atoms with van der Waals surface area (Å²) in [6, 6.07) is 11.1. The Morgan fingerprint density at radius 2 is 1.96 bits per heavy atom. The van der Waals surface area contributed by atoms with Gasteiger partial charge in [-0.15, -0.1) is 0 Å². The Bertz CT molecular complexity index is 772. The van der Waals surface area contributed by atoms with E-state index < -0.39 is 11.9 Å². The second-order valence-electron chi connectivity index (χ2n) is 5.80. The van der Waals surface area contributed by atoms with Gasteiger partial charge in [-0.25, -0.2) is 4.79 Å². The molecule has 1 aliphatic rings. The fraction of sp³-hybridized carbons (Fsp3) is 0.278. The third-order valence-corrected chi connectivity index (χ3v) is 3.97. The lowest BCUT2D eigenvalue weighted by Gasteiger charge is -2.22. The predicted octanol–water partition coefficient (Wildman–Crippen LogP) is 1.48. The summed E-state index contributed by atoms with van der Waals surface area (Å²) in [6.45, 7) is 1.67.